The van der Waals surface area contributed by atoms with Gasteiger partial charge in [-0.25, -0.2) is 0 Å². The first kappa shape index (κ1) is 16.1. The van der Waals surface area contributed by atoms with Crippen LogP contribution in [0.1, 0.15) is 31.0 Å². The molecule has 1 aromatic heterocycles. The zero-order valence-corrected chi connectivity index (χ0v) is 12.9. The minimum atomic E-state index is -1.07. The molecule has 0 amide bonds. The largest absolute Gasteiger partial charge is 0.384 e. The Morgan fingerprint density at radius 3 is 2.86 bits per heavy atom. The second-order valence-corrected chi connectivity index (χ2v) is 5.63. The monoisotopic (exact) mass is 304 g/mol. The van der Waals surface area contributed by atoms with E-state index in [0.29, 0.717) is 12.1 Å². The zero-order chi connectivity index (χ0) is 16.3. The standard InChI is InChI=1S/C15H20N4O3/c1-11(12-5-4-6-14(7-12)19(21)22)16-10-15(2,20)13-8-17-18(3)9-13/h4-9,11,16,20H,10H2,1-3H3. The maximum Gasteiger partial charge on any atom is 0.269 e. The molecule has 0 saturated carbocycles. The average molecular weight is 304 g/mol. The van der Waals surface area contributed by atoms with Crippen LogP contribution in [-0.4, -0.2) is 26.4 Å². The molecule has 2 aromatic rings. The van der Waals surface area contributed by atoms with E-state index in [4.69, 9.17) is 0 Å². The number of nitrogens with one attached hydrogen (secondary N) is 1. The van der Waals surface area contributed by atoms with Crippen LogP contribution in [0.2, 0.25) is 0 Å². The fraction of sp³-hybridized carbons (Fsp3) is 0.400. The molecule has 2 N–H and O–H groups in total. The highest BCUT2D eigenvalue weighted by Gasteiger charge is 2.25. The van der Waals surface area contributed by atoms with Crippen molar-refractivity contribution in [2.75, 3.05) is 6.54 Å². The number of nitro groups is 1. The highest BCUT2D eigenvalue weighted by atomic mass is 16.6. The summed E-state index contributed by atoms with van der Waals surface area (Å²) in [6.07, 6.45) is 3.39. The van der Waals surface area contributed by atoms with Crippen LogP contribution in [0.5, 0.6) is 0 Å². The Hall–Kier alpha value is -2.25. The molecule has 2 atom stereocenters. The molecule has 0 saturated heterocycles. The Bertz CT molecular complexity index is 666. The fourth-order valence-electron chi connectivity index (χ4n) is 2.18. The van der Waals surface area contributed by atoms with Crippen LogP contribution >= 0.6 is 0 Å². The first-order chi connectivity index (χ1) is 10.3. The van der Waals surface area contributed by atoms with Crippen LogP contribution in [0.3, 0.4) is 0 Å². The normalized spacial score (nSPS) is 15.3. The van der Waals surface area contributed by atoms with Crippen LogP contribution in [-0.2, 0) is 12.6 Å². The van der Waals surface area contributed by atoms with Gasteiger partial charge >= 0.3 is 0 Å². The predicted molar refractivity (Wildman–Crippen MR) is 82.3 cm³/mol. The Morgan fingerprint density at radius 2 is 2.27 bits per heavy atom. The summed E-state index contributed by atoms with van der Waals surface area (Å²) in [5.41, 5.74) is 0.513. The van der Waals surface area contributed by atoms with Gasteiger partial charge in [0.15, 0.2) is 0 Å². The summed E-state index contributed by atoms with van der Waals surface area (Å²) in [7, 11) is 1.79. The van der Waals surface area contributed by atoms with Crippen LogP contribution in [0.25, 0.3) is 0 Å². The summed E-state index contributed by atoms with van der Waals surface area (Å²) in [6.45, 7) is 3.91. The zero-order valence-electron chi connectivity index (χ0n) is 12.9. The predicted octanol–water partition coefficient (Wildman–Crippen LogP) is 1.89. The first-order valence-corrected chi connectivity index (χ1v) is 6.99. The summed E-state index contributed by atoms with van der Waals surface area (Å²) in [5.74, 6) is 0. The number of hydrogen-bond donors (Lipinski definition) is 2. The van der Waals surface area contributed by atoms with Gasteiger partial charge in [-0.2, -0.15) is 5.10 Å². The number of non-ortho nitro benzene ring substituents is 1. The second kappa shape index (κ2) is 6.25. The molecule has 7 heteroatoms. The van der Waals surface area contributed by atoms with Gasteiger partial charge in [0, 0.05) is 43.5 Å². The summed E-state index contributed by atoms with van der Waals surface area (Å²) in [4.78, 5) is 10.4. The SMILES string of the molecule is CC(NCC(C)(O)c1cnn(C)c1)c1cccc([N+](=O)[O-])c1. The number of hydrogen-bond acceptors (Lipinski definition) is 5. The number of aliphatic hydroxyl groups is 1. The highest BCUT2D eigenvalue weighted by Crippen LogP contribution is 2.22. The number of aryl methyl sites for hydroxylation is 1. The van der Waals surface area contributed by atoms with Crippen LogP contribution in [0.4, 0.5) is 5.69 Å². The van der Waals surface area contributed by atoms with Crippen molar-refractivity contribution < 1.29 is 10.0 Å². The topological polar surface area (TPSA) is 93.2 Å². The summed E-state index contributed by atoms with van der Waals surface area (Å²) in [6, 6.07) is 6.36. The van der Waals surface area contributed by atoms with Gasteiger partial charge in [0.25, 0.3) is 5.69 Å². The minimum absolute atomic E-state index is 0.0603. The Labute approximate surface area is 128 Å². The van der Waals surface area contributed by atoms with Gasteiger partial charge in [-0.1, -0.05) is 12.1 Å². The van der Waals surface area contributed by atoms with E-state index in [1.54, 1.807) is 37.1 Å². The molecule has 2 unspecified atom stereocenters. The van der Waals surface area contributed by atoms with Crippen molar-refractivity contribution in [3.63, 3.8) is 0 Å². The number of aromatic nitrogens is 2. The molecule has 0 aliphatic heterocycles. The van der Waals surface area contributed by atoms with E-state index in [-0.39, 0.29) is 11.7 Å². The number of nitrogens with zero attached hydrogens (tertiary/aromatic N) is 3. The van der Waals surface area contributed by atoms with Crippen molar-refractivity contribution in [2.24, 2.45) is 7.05 Å². The number of benzene rings is 1. The third-order valence-corrected chi connectivity index (χ3v) is 3.66. The molecule has 0 aliphatic rings. The number of rotatable bonds is 6. The second-order valence-electron chi connectivity index (χ2n) is 5.63. The van der Waals surface area contributed by atoms with Gasteiger partial charge in [0.05, 0.1) is 11.1 Å². The third-order valence-electron chi connectivity index (χ3n) is 3.66. The summed E-state index contributed by atoms with van der Waals surface area (Å²) < 4.78 is 1.63. The van der Waals surface area contributed by atoms with E-state index >= 15 is 0 Å². The van der Waals surface area contributed by atoms with E-state index in [2.05, 4.69) is 10.4 Å². The maximum absolute atomic E-state index is 10.8. The van der Waals surface area contributed by atoms with E-state index in [0.717, 1.165) is 5.56 Å². The van der Waals surface area contributed by atoms with Crippen molar-refractivity contribution in [3.8, 4) is 0 Å². The fourth-order valence-corrected chi connectivity index (χ4v) is 2.18. The molecule has 118 valence electrons. The molecular formula is C15H20N4O3. The molecule has 0 fully saturated rings. The third kappa shape index (κ3) is 3.69. The van der Waals surface area contributed by atoms with Gasteiger partial charge < -0.3 is 10.4 Å². The van der Waals surface area contributed by atoms with Gasteiger partial charge in [0.1, 0.15) is 5.60 Å². The van der Waals surface area contributed by atoms with Gasteiger partial charge in [0.2, 0.25) is 0 Å². The van der Waals surface area contributed by atoms with Crippen molar-refractivity contribution in [3.05, 3.63) is 57.9 Å². The molecule has 0 bridgehead atoms. The lowest BCUT2D eigenvalue weighted by atomic mass is 9.98. The van der Waals surface area contributed by atoms with E-state index < -0.39 is 10.5 Å². The smallest absolute Gasteiger partial charge is 0.269 e. The number of nitro benzene ring substituents is 1. The van der Waals surface area contributed by atoms with Crippen LogP contribution in [0, 0.1) is 10.1 Å². The lowest BCUT2D eigenvalue weighted by molar-refractivity contribution is -0.384. The van der Waals surface area contributed by atoms with Gasteiger partial charge in [-0.05, 0) is 19.4 Å². The van der Waals surface area contributed by atoms with Crippen LogP contribution in [0.15, 0.2) is 36.7 Å². The van der Waals surface area contributed by atoms with E-state index in [1.165, 1.54) is 12.1 Å². The lowest BCUT2D eigenvalue weighted by Crippen LogP contribution is -2.36. The molecule has 2 rings (SSSR count). The quantitative estimate of drug-likeness (QED) is 0.628. The molecule has 1 heterocycles. The van der Waals surface area contributed by atoms with E-state index in [9.17, 15) is 15.2 Å². The minimum Gasteiger partial charge on any atom is -0.384 e. The average Bonchev–Trinajstić information content (AvgIpc) is 2.92. The Balaban J connectivity index is 2.04. The molecule has 0 radical (unpaired) electrons. The molecule has 0 spiro atoms. The van der Waals surface area contributed by atoms with Crippen LogP contribution < -0.4 is 5.32 Å². The highest BCUT2D eigenvalue weighted by molar-refractivity contribution is 5.35. The molecule has 0 aliphatic carbocycles. The van der Waals surface area contributed by atoms with Crippen molar-refractivity contribution >= 4 is 5.69 Å². The van der Waals surface area contributed by atoms with Crippen molar-refractivity contribution in [1.29, 1.82) is 0 Å². The summed E-state index contributed by atoms with van der Waals surface area (Å²) >= 11 is 0. The summed E-state index contributed by atoms with van der Waals surface area (Å²) in [5, 5.41) is 28.6. The van der Waals surface area contributed by atoms with Crippen molar-refractivity contribution in [1.82, 2.24) is 15.1 Å². The first-order valence-electron chi connectivity index (χ1n) is 6.99. The molecule has 7 nitrogen and oxygen atoms in total. The Morgan fingerprint density at radius 1 is 1.55 bits per heavy atom. The molecular weight excluding hydrogens is 284 g/mol. The molecule has 22 heavy (non-hydrogen) atoms. The Kier molecular flexibility index (Phi) is 4.58. The maximum atomic E-state index is 10.8. The molecule has 1 aromatic carbocycles. The van der Waals surface area contributed by atoms with Crippen molar-refractivity contribution in [2.45, 2.75) is 25.5 Å². The van der Waals surface area contributed by atoms with Gasteiger partial charge in [-0.15, -0.1) is 0 Å². The van der Waals surface area contributed by atoms with E-state index in [1.807, 2.05) is 13.0 Å². The lowest BCUT2D eigenvalue weighted by Gasteiger charge is -2.25. The van der Waals surface area contributed by atoms with Gasteiger partial charge in [-0.3, -0.25) is 14.8 Å².